The van der Waals surface area contributed by atoms with Crippen LogP contribution in [0.4, 0.5) is 0 Å². The molecule has 1 fully saturated rings. The van der Waals surface area contributed by atoms with Crippen molar-refractivity contribution < 1.29 is 9.31 Å². The van der Waals surface area contributed by atoms with Gasteiger partial charge in [-0.15, -0.1) is 0 Å². The summed E-state index contributed by atoms with van der Waals surface area (Å²) >= 11 is 0. The van der Waals surface area contributed by atoms with E-state index in [9.17, 15) is 0 Å². The van der Waals surface area contributed by atoms with Crippen LogP contribution in [-0.4, -0.2) is 23.3 Å². The monoisotopic (exact) mass is 261 g/mol. The Morgan fingerprint density at radius 2 is 1.74 bits per heavy atom. The fourth-order valence-corrected chi connectivity index (χ4v) is 2.05. The molecule has 0 aromatic carbocycles. The van der Waals surface area contributed by atoms with Crippen LogP contribution < -0.4 is 5.59 Å². The summed E-state index contributed by atoms with van der Waals surface area (Å²) in [5.41, 5.74) is 1.50. The predicted molar refractivity (Wildman–Crippen MR) is 78.7 cm³/mol. The molecule has 1 aliphatic rings. The summed E-state index contributed by atoms with van der Waals surface area (Å²) in [6, 6.07) is 4.14. The first-order valence-electron chi connectivity index (χ1n) is 7.08. The minimum absolute atomic E-state index is 0.311. The van der Waals surface area contributed by atoms with Gasteiger partial charge in [0.2, 0.25) is 0 Å². The van der Waals surface area contributed by atoms with Crippen LogP contribution in [0.15, 0.2) is 18.3 Å². The Bertz CT molecular complexity index is 426. The Morgan fingerprint density at radius 3 is 2.16 bits per heavy atom. The van der Waals surface area contributed by atoms with Gasteiger partial charge in [-0.3, -0.25) is 4.98 Å². The van der Waals surface area contributed by atoms with E-state index in [0.29, 0.717) is 5.92 Å². The molecule has 0 amide bonds. The van der Waals surface area contributed by atoms with Crippen molar-refractivity contribution in [1.29, 1.82) is 0 Å². The molecule has 0 bridgehead atoms. The van der Waals surface area contributed by atoms with Crippen molar-refractivity contribution in [1.82, 2.24) is 4.98 Å². The highest BCUT2D eigenvalue weighted by molar-refractivity contribution is 6.61. The van der Waals surface area contributed by atoms with Crippen LogP contribution in [0.25, 0.3) is 0 Å². The van der Waals surface area contributed by atoms with Gasteiger partial charge in [0, 0.05) is 6.20 Å². The minimum Gasteiger partial charge on any atom is -0.398 e. The Balaban J connectivity index is 2.17. The quantitative estimate of drug-likeness (QED) is 0.784. The van der Waals surface area contributed by atoms with Crippen molar-refractivity contribution in [2.24, 2.45) is 0 Å². The van der Waals surface area contributed by atoms with E-state index < -0.39 is 0 Å². The summed E-state index contributed by atoms with van der Waals surface area (Å²) in [7, 11) is -0.365. The van der Waals surface area contributed by atoms with E-state index in [2.05, 4.69) is 52.6 Å². The van der Waals surface area contributed by atoms with Gasteiger partial charge in [-0.25, -0.2) is 0 Å². The molecule has 4 heteroatoms. The molecule has 0 spiro atoms. The summed E-state index contributed by atoms with van der Waals surface area (Å²) < 4.78 is 12.0. The van der Waals surface area contributed by atoms with Crippen LogP contribution in [0.2, 0.25) is 0 Å². The van der Waals surface area contributed by atoms with E-state index in [-0.39, 0.29) is 18.3 Å². The normalized spacial score (nSPS) is 22.5. The van der Waals surface area contributed by atoms with Crippen LogP contribution in [0.5, 0.6) is 0 Å². The van der Waals surface area contributed by atoms with Gasteiger partial charge in [-0.05, 0) is 51.7 Å². The largest absolute Gasteiger partial charge is 0.514 e. The summed E-state index contributed by atoms with van der Waals surface area (Å²) in [4.78, 5) is 4.51. The number of rotatable bonds is 3. The zero-order valence-corrected chi connectivity index (χ0v) is 12.9. The van der Waals surface area contributed by atoms with Gasteiger partial charge < -0.3 is 9.31 Å². The van der Waals surface area contributed by atoms with Gasteiger partial charge in [-0.2, -0.15) is 0 Å². The van der Waals surface area contributed by atoms with Crippen LogP contribution >= 0.6 is 0 Å². The smallest absolute Gasteiger partial charge is 0.398 e. The van der Waals surface area contributed by atoms with Crippen molar-refractivity contribution in [2.45, 2.75) is 65.1 Å². The zero-order chi connectivity index (χ0) is 14.3. The zero-order valence-electron chi connectivity index (χ0n) is 12.9. The Labute approximate surface area is 116 Å². The summed E-state index contributed by atoms with van der Waals surface area (Å²) in [5.74, 6) is 0.542. The van der Waals surface area contributed by atoms with Gasteiger partial charge in [0.1, 0.15) is 0 Å². The lowest BCUT2D eigenvalue weighted by atomic mass is 9.83. The predicted octanol–water partition coefficient (Wildman–Crippen LogP) is 2.89. The van der Waals surface area contributed by atoms with E-state index in [1.807, 2.05) is 12.3 Å². The second-order valence-electron chi connectivity index (χ2n) is 6.41. The van der Waals surface area contributed by atoms with Gasteiger partial charge in [0.05, 0.1) is 16.8 Å². The maximum absolute atomic E-state index is 5.99. The van der Waals surface area contributed by atoms with Crippen LogP contribution in [0.1, 0.15) is 59.4 Å². The number of pyridine rings is 1. The van der Waals surface area contributed by atoms with Crippen molar-refractivity contribution in [3.8, 4) is 0 Å². The molecule has 1 atom stereocenters. The maximum Gasteiger partial charge on any atom is 0.514 e. The highest BCUT2D eigenvalue weighted by Gasteiger charge is 2.52. The molecule has 2 rings (SSSR count). The molecule has 1 aliphatic heterocycles. The van der Waals surface area contributed by atoms with E-state index in [1.165, 1.54) is 5.56 Å². The summed E-state index contributed by atoms with van der Waals surface area (Å²) in [6.45, 7) is 12.6. The van der Waals surface area contributed by atoms with Crippen molar-refractivity contribution >= 4 is 12.7 Å². The summed E-state index contributed by atoms with van der Waals surface area (Å²) in [5, 5.41) is 0. The molecule has 3 nitrogen and oxygen atoms in total. The average molecular weight is 261 g/mol. The first kappa shape index (κ1) is 14.5. The molecule has 0 N–H and O–H groups in total. The highest BCUT2D eigenvalue weighted by atomic mass is 16.7. The molecule has 1 aromatic rings. The highest BCUT2D eigenvalue weighted by Crippen LogP contribution is 2.36. The molecule has 1 aromatic heterocycles. The van der Waals surface area contributed by atoms with Gasteiger partial charge in [-0.1, -0.05) is 19.9 Å². The summed E-state index contributed by atoms with van der Waals surface area (Å²) in [6.07, 6.45) is 3.06. The molecule has 0 aliphatic carbocycles. The Hall–Kier alpha value is -0.865. The molecule has 0 saturated carbocycles. The van der Waals surface area contributed by atoms with E-state index in [4.69, 9.17) is 9.31 Å². The standard InChI is InChI=1S/C15H24BNO2/c1-7-11(2)12-8-9-13(17-10-12)16-18-14(3,4)15(5,6)19-16/h8-11H,7H2,1-6H3. The van der Waals surface area contributed by atoms with E-state index in [1.54, 1.807) is 0 Å². The molecule has 19 heavy (non-hydrogen) atoms. The van der Waals surface area contributed by atoms with Crippen molar-refractivity contribution in [3.63, 3.8) is 0 Å². The third kappa shape index (κ3) is 2.70. The lowest BCUT2D eigenvalue weighted by Crippen LogP contribution is -2.41. The van der Waals surface area contributed by atoms with Gasteiger partial charge in [0.25, 0.3) is 0 Å². The van der Waals surface area contributed by atoms with Crippen LogP contribution in [0.3, 0.4) is 0 Å². The Kier molecular flexibility index (Phi) is 3.76. The lowest BCUT2D eigenvalue weighted by Gasteiger charge is -2.32. The topological polar surface area (TPSA) is 31.4 Å². The lowest BCUT2D eigenvalue weighted by molar-refractivity contribution is 0.00578. The molecule has 0 radical (unpaired) electrons. The van der Waals surface area contributed by atoms with Crippen LogP contribution in [0, 0.1) is 0 Å². The van der Waals surface area contributed by atoms with E-state index in [0.717, 1.165) is 12.0 Å². The van der Waals surface area contributed by atoms with Crippen molar-refractivity contribution in [2.75, 3.05) is 0 Å². The third-order valence-corrected chi connectivity index (χ3v) is 4.49. The molecular formula is C15H24BNO2. The first-order valence-corrected chi connectivity index (χ1v) is 7.08. The SMILES string of the molecule is CCC(C)c1ccc(B2OC(C)(C)C(C)(C)O2)nc1. The third-order valence-electron chi connectivity index (χ3n) is 4.49. The Morgan fingerprint density at radius 1 is 1.16 bits per heavy atom. The second-order valence-corrected chi connectivity index (χ2v) is 6.41. The van der Waals surface area contributed by atoms with E-state index >= 15 is 0 Å². The number of hydrogen-bond acceptors (Lipinski definition) is 3. The van der Waals surface area contributed by atoms with Gasteiger partial charge >= 0.3 is 7.12 Å². The molecule has 104 valence electrons. The number of hydrogen-bond donors (Lipinski definition) is 0. The minimum atomic E-state index is -0.365. The molecule has 2 heterocycles. The second kappa shape index (κ2) is 4.91. The fraction of sp³-hybridized carbons (Fsp3) is 0.667. The van der Waals surface area contributed by atoms with Crippen LogP contribution in [-0.2, 0) is 9.31 Å². The molecule has 1 saturated heterocycles. The fourth-order valence-electron chi connectivity index (χ4n) is 2.05. The average Bonchev–Trinajstić information content (AvgIpc) is 2.58. The number of aromatic nitrogens is 1. The maximum atomic E-state index is 5.99. The van der Waals surface area contributed by atoms with Gasteiger partial charge in [0.15, 0.2) is 0 Å². The molecular weight excluding hydrogens is 237 g/mol. The number of nitrogens with zero attached hydrogens (tertiary/aromatic N) is 1. The van der Waals surface area contributed by atoms with Crippen molar-refractivity contribution in [3.05, 3.63) is 23.9 Å². The first-order chi connectivity index (χ1) is 8.77. The molecule has 1 unspecified atom stereocenters.